The lowest BCUT2D eigenvalue weighted by molar-refractivity contribution is -0.193. The van der Waals surface area contributed by atoms with Crippen LogP contribution in [0.4, 0.5) is 26.3 Å². The minimum Gasteiger partial charge on any atom is -0.475 e. The van der Waals surface area contributed by atoms with Crippen molar-refractivity contribution in [2.75, 3.05) is 20.6 Å². The first kappa shape index (κ1) is 36.2. The van der Waals surface area contributed by atoms with Crippen LogP contribution in [0.1, 0.15) is 38.8 Å². The van der Waals surface area contributed by atoms with Gasteiger partial charge in [-0.05, 0) is 55.8 Å². The molecule has 0 spiro atoms. The molecule has 0 saturated carbocycles. The molecule has 0 aliphatic carbocycles. The van der Waals surface area contributed by atoms with Crippen LogP contribution in [0.5, 0.6) is 0 Å². The van der Waals surface area contributed by atoms with Crippen LogP contribution in [0.2, 0.25) is 0 Å². The molecule has 13 heteroatoms. The largest absolute Gasteiger partial charge is 0.490 e. The monoisotopic (exact) mass is 584 g/mol. The lowest BCUT2D eigenvalue weighted by atomic mass is 9.87. The molecule has 0 radical (unpaired) electrons. The van der Waals surface area contributed by atoms with E-state index in [0.717, 1.165) is 13.1 Å². The predicted octanol–water partition coefficient (Wildman–Crippen LogP) is 6.44. The third kappa shape index (κ3) is 16.1. The Kier molecular flexibility index (Phi) is 14.6. The number of aliphatic carboxylic acids is 2. The van der Waals surface area contributed by atoms with E-state index in [1.807, 2.05) is 11.8 Å². The zero-order valence-corrected chi connectivity index (χ0v) is 23.3. The minimum absolute atomic E-state index is 0.202. The molecule has 0 aromatic heterocycles. The number of hydrogen-bond donors (Lipinski definition) is 3. The second-order valence-electron chi connectivity index (χ2n) is 9.63. The molecule has 2 aromatic rings. The Balaban J connectivity index is 0.000000848. The fourth-order valence-electron chi connectivity index (χ4n) is 2.80. The summed E-state index contributed by atoms with van der Waals surface area (Å²) in [6, 6.07) is 18.1. The van der Waals surface area contributed by atoms with Crippen molar-refractivity contribution in [3.63, 3.8) is 0 Å². The van der Waals surface area contributed by atoms with Gasteiger partial charge in [0.25, 0.3) is 0 Å². The van der Waals surface area contributed by atoms with Gasteiger partial charge in [0.15, 0.2) is 0 Å². The normalized spacial score (nSPS) is 12.5. The molecule has 2 rings (SSSR count). The van der Waals surface area contributed by atoms with Gasteiger partial charge in [0.05, 0.1) is 0 Å². The van der Waals surface area contributed by atoms with Crippen LogP contribution < -0.4 is 5.32 Å². The number of nitrogens with one attached hydrogen (secondary N) is 1. The molecule has 220 valence electrons. The molecule has 6 nitrogen and oxygen atoms in total. The standard InChI is InChI=1S/C22H32N2S.2C2HF3O2/c1-17(16-24(5)6)23-15-18-9-7-8-10-21(18)25-20-13-11-19(12-14-20)22(2,3)4;2*3-2(4,5)1(6)7/h7-14,17,23H,15-16H2,1-6H3;2*(H,6,7). The van der Waals surface area contributed by atoms with E-state index >= 15 is 0 Å². The molecule has 2 aromatic carbocycles. The summed E-state index contributed by atoms with van der Waals surface area (Å²) in [6.07, 6.45) is -10.2. The number of halogens is 6. The summed E-state index contributed by atoms with van der Waals surface area (Å²) in [5.41, 5.74) is 2.94. The third-order valence-corrected chi connectivity index (χ3v) is 5.81. The van der Waals surface area contributed by atoms with Crippen LogP contribution in [0.25, 0.3) is 0 Å². The molecule has 0 heterocycles. The molecule has 1 unspecified atom stereocenters. The number of benzene rings is 2. The van der Waals surface area contributed by atoms with Crippen molar-refractivity contribution in [1.29, 1.82) is 0 Å². The fourth-order valence-corrected chi connectivity index (χ4v) is 3.74. The van der Waals surface area contributed by atoms with Crippen molar-refractivity contribution in [2.45, 2.75) is 67.8 Å². The maximum absolute atomic E-state index is 10.6. The highest BCUT2D eigenvalue weighted by Gasteiger charge is 2.38. The molecule has 0 fully saturated rings. The quantitative estimate of drug-likeness (QED) is 0.323. The Hall–Kier alpha value is -2.77. The van der Waals surface area contributed by atoms with E-state index in [0.29, 0.717) is 6.04 Å². The van der Waals surface area contributed by atoms with Crippen LogP contribution in [0.3, 0.4) is 0 Å². The molecular weight excluding hydrogens is 550 g/mol. The Labute approximate surface area is 228 Å². The van der Waals surface area contributed by atoms with Gasteiger partial charge in [-0.15, -0.1) is 0 Å². The molecular formula is C26H34F6N2O4S. The average Bonchev–Trinajstić information content (AvgIpc) is 2.77. The van der Waals surface area contributed by atoms with E-state index in [-0.39, 0.29) is 5.41 Å². The number of nitrogens with zero attached hydrogens (tertiary/aromatic N) is 1. The second-order valence-corrected chi connectivity index (χ2v) is 10.7. The summed E-state index contributed by atoms with van der Waals surface area (Å²) in [5.74, 6) is -5.51. The molecule has 39 heavy (non-hydrogen) atoms. The molecule has 3 N–H and O–H groups in total. The number of carboxylic acids is 2. The predicted molar refractivity (Wildman–Crippen MR) is 138 cm³/mol. The zero-order valence-electron chi connectivity index (χ0n) is 22.4. The Bertz CT molecular complexity index is 1010. The smallest absolute Gasteiger partial charge is 0.475 e. The summed E-state index contributed by atoms with van der Waals surface area (Å²) in [6.45, 7) is 10.9. The van der Waals surface area contributed by atoms with E-state index in [1.54, 1.807) is 0 Å². The first-order valence-electron chi connectivity index (χ1n) is 11.5. The van der Waals surface area contributed by atoms with Crippen molar-refractivity contribution in [2.24, 2.45) is 0 Å². The van der Waals surface area contributed by atoms with Crippen molar-refractivity contribution in [3.05, 3.63) is 59.7 Å². The summed E-state index contributed by atoms with van der Waals surface area (Å²) < 4.78 is 63.5. The van der Waals surface area contributed by atoms with Crippen LogP contribution in [-0.4, -0.2) is 66.1 Å². The van der Waals surface area contributed by atoms with Crippen LogP contribution >= 0.6 is 11.8 Å². The van der Waals surface area contributed by atoms with Gasteiger partial charge >= 0.3 is 24.3 Å². The van der Waals surface area contributed by atoms with E-state index in [9.17, 15) is 26.3 Å². The first-order valence-corrected chi connectivity index (χ1v) is 12.3. The molecule has 1 atom stereocenters. The Morgan fingerprint density at radius 3 is 1.69 bits per heavy atom. The van der Waals surface area contributed by atoms with Crippen LogP contribution in [0.15, 0.2) is 58.3 Å². The van der Waals surface area contributed by atoms with Gasteiger partial charge < -0.3 is 20.4 Å². The summed E-state index contributed by atoms with van der Waals surface area (Å²) >= 11 is 1.85. The number of hydrogen-bond acceptors (Lipinski definition) is 5. The number of carbonyl (C=O) groups is 2. The highest BCUT2D eigenvalue weighted by Crippen LogP contribution is 2.32. The highest BCUT2D eigenvalue weighted by atomic mass is 32.2. The maximum Gasteiger partial charge on any atom is 0.490 e. The fraction of sp³-hybridized carbons (Fsp3) is 0.462. The van der Waals surface area contributed by atoms with Gasteiger partial charge in [-0.3, -0.25) is 0 Å². The first-order chi connectivity index (χ1) is 17.6. The van der Waals surface area contributed by atoms with E-state index in [2.05, 4.69) is 101 Å². The van der Waals surface area contributed by atoms with Crippen molar-refractivity contribution >= 4 is 23.7 Å². The Morgan fingerprint density at radius 2 is 1.31 bits per heavy atom. The highest BCUT2D eigenvalue weighted by molar-refractivity contribution is 7.99. The van der Waals surface area contributed by atoms with Crippen LogP contribution in [0, 0.1) is 0 Å². The van der Waals surface area contributed by atoms with Gasteiger partial charge in [0, 0.05) is 28.9 Å². The van der Waals surface area contributed by atoms with Crippen molar-refractivity contribution < 1.29 is 46.1 Å². The molecule has 0 amide bonds. The van der Waals surface area contributed by atoms with Crippen molar-refractivity contribution in [1.82, 2.24) is 10.2 Å². The van der Waals surface area contributed by atoms with Gasteiger partial charge in [0.2, 0.25) is 0 Å². The molecule has 0 aliphatic rings. The summed E-state index contributed by atoms with van der Waals surface area (Å²) in [4.78, 5) is 22.6. The molecule has 0 saturated heterocycles. The summed E-state index contributed by atoms with van der Waals surface area (Å²) in [5, 5.41) is 17.9. The second kappa shape index (κ2) is 15.7. The number of rotatable bonds is 7. The van der Waals surface area contributed by atoms with E-state index in [4.69, 9.17) is 19.8 Å². The lowest BCUT2D eigenvalue weighted by Crippen LogP contribution is -2.35. The van der Waals surface area contributed by atoms with Crippen molar-refractivity contribution in [3.8, 4) is 0 Å². The SMILES string of the molecule is CC(CN(C)C)NCc1ccccc1Sc1ccc(C(C)(C)C)cc1.O=C(O)C(F)(F)F.O=C(O)C(F)(F)F. The molecule has 0 aliphatic heterocycles. The van der Waals surface area contributed by atoms with E-state index < -0.39 is 24.3 Å². The summed E-state index contributed by atoms with van der Waals surface area (Å²) in [7, 11) is 4.23. The Morgan fingerprint density at radius 1 is 0.872 bits per heavy atom. The number of carboxylic acid groups (broad SMARTS) is 2. The molecule has 0 bridgehead atoms. The maximum atomic E-state index is 10.6. The topological polar surface area (TPSA) is 89.9 Å². The number of alkyl halides is 6. The van der Waals surface area contributed by atoms with Gasteiger partial charge in [-0.1, -0.05) is 62.9 Å². The van der Waals surface area contributed by atoms with E-state index in [1.165, 1.54) is 20.9 Å². The van der Waals surface area contributed by atoms with Gasteiger partial charge in [-0.25, -0.2) is 9.59 Å². The van der Waals surface area contributed by atoms with Gasteiger partial charge in [-0.2, -0.15) is 26.3 Å². The van der Waals surface area contributed by atoms with Crippen LogP contribution in [-0.2, 0) is 21.5 Å². The minimum atomic E-state index is -5.08. The average molecular weight is 585 g/mol. The third-order valence-electron chi connectivity index (χ3n) is 4.69. The zero-order chi connectivity index (χ0) is 30.6. The van der Waals surface area contributed by atoms with Gasteiger partial charge in [0.1, 0.15) is 0 Å². The number of likely N-dealkylation sites (N-methyl/N-ethyl adjacent to an activating group) is 1. The lowest BCUT2D eigenvalue weighted by Gasteiger charge is -2.20.